The number of ether oxygens (including phenoxy) is 1. The van der Waals surface area contributed by atoms with E-state index in [1.165, 1.54) is 0 Å². The summed E-state index contributed by atoms with van der Waals surface area (Å²) in [4.78, 5) is 16.6. The topological polar surface area (TPSA) is 72.6 Å². The van der Waals surface area contributed by atoms with Gasteiger partial charge in [0.25, 0.3) is 0 Å². The van der Waals surface area contributed by atoms with Gasteiger partial charge in [0.2, 0.25) is 5.89 Å². The fourth-order valence-electron chi connectivity index (χ4n) is 2.71. The van der Waals surface area contributed by atoms with Gasteiger partial charge in [0.1, 0.15) is 11.6 Å². The Kier molecular flexibility index (Phi) is 4.15. The van der Waals surface area contributed by atoms with Gasteiger partial charge >= 0.3 is 5.97 Å². The van der Waals surface area contributed by atoms with Crippen LogP contribution >= 0.6 is 23.2 Å². The van der Waals surface area contributed by atoms with E-state index in [2.05, 4.69) is 4.98 Å². The van der Waals surface area contributed by atoms with Crippen molar-refractivity contribution in [2.75, 3.05) is 0 Å². The highest BCUT2D eigenvalue weighted by molar-refractivity contribution is 6.35. The molecule has 0 radical (unpaired) electrons. The average Bonchev–Trinajstić information content (AvgIpc) is 2.95. The summed E-state index contributed by atoms with van der Waals surface area (Å²) in [7, 11) is 0. The number of carbonyl (C=O) groups is 1. The molecular weight excluding hydrogens is 365 g/mol. The van der Waals surface area contributed by atoms with Gasteiger partial charge in [-0.2, -0.15) is 0 Å². The van der Waals surface area contributed by atoms with Crippen LogP contribution in [0.1, 0.15) is 23.2 Å². The third-order valence-electron chi connectivity index (χ3n) is 4.08. The van der Waals surface area contributed by atoms with Crippen molar-refractivity contribution in [1.29, 1.82) is 0 Å². The number of carbonyl (C=O) groups excluding carboxylic acids is 1. The van der Waals surface area contributed by atoms with Crippen molar-refractivity contribution in [3.63, 3.8) is 0 Å². The molecule has 0 amide bonds. The molecule has 0 spiro atoms. The first kappa shape index (κ1) is 16.4. The van der Waals surface area contributed by atoms with Gasteiger partial charge in [-0.3, -0.25) is 0 Å². The van der Waals surface area contributed by atoms with Gasteiger partial charge in [0, 0.05) is 28.5 Å². The number of esters is 1. The molecule has 0 atom stereocenters. The van der Waals surface area contributed by atoms with E-state index in [0.717, 1.165) is 0 Å². The minimum absolute atomic E-state index is 0.225. The number of fused-ring (bicyclic) bond motifs is 1. The summed E-state index contributed by atoms with van der Waals surface area (Å²) in [6.45, 7) is 0. The number of benzene rings is 2. The van der Waals surface area contributed by atoms with E-state index in [-0.39, 0.29) is 12.2 Å². The number of hydrogen-bond donors (Lipinski definition) is 1. The van der Waals surface area contributed by atoms with Crippen molar-refractivity contribution in [3.05, 3.63) is 52.0 Å². The Hall–Kier alpha value is -2.08. The molecule has 0 aliphatic heterocycles. The number of aliphatic hydroxyl groups is 1. The van der Waals surface area contributed by atoms with Gasteiger partial charge in [-0.25, -0.2) is 9.78 Å². The van der Waals surface area contributed by atoms with Crippen LogP contribution < -0.4 is 0 Å². The smallest absolute Gasteiger partial charge is 0.338 e. The second-order valence-corrected chi connectivity index (χ2v) is 6.89. The first-order valence-electron chi connectivity index (χ1n) is 7.74. The Morgan fingerprint density at radius 2 is 1.88 bits per heavy atom. The maximum Gasteiger partial charge on any atom is 0.338 e. The molecule has 1 heterocycles. The largest absolute Gasteiger partial charge is 0.459 e. The monoisotopic (exact) mass is 377 g/mol. The van der Waals surface area contributed by atoms with E-state index < -0.39 is 5.97 Å². The molecule has 128 valence electrons. The van der Waals surface area contributed by atoms with E-state index in [9.17, 15) is 9.90 Å². The molecule has 1 N–H and O–H groups in total. The molecular formula is C18H13Cl2NO4. The molecule has 0 bridgehead atoms. The normalized spacial score (nSPS) is 19.6. The van der Waals surface area contributed by atoms with Gasteiger partial charge in [0.05, 0.1) is 11.7 Å². The van der Waals surface area contributed by atoms with Crippen molar-refractivity contribution in [2.24, 2.45) is 0 Å². The van der Waals surface area contributed by atoms with Crippen molar-refractivity contribution < 1.29 is 19.1 Å². The van der Waals surface area contributed by atoms with E-state index in [0.29, 0.717) is 51.0 Å². The van der Waals surface area contributed by atoms with Gasteiger partial charge in [0.15, 0.2) is 5.58 Å². The number of hydrogen-bond acceptors (Lipinski definition) is 5. The number of oxazole rings is 1. The summed E-state index contributed by atoms with van der Waals surface area (Å²) in [5.41, 5.74) is 2.11. The quantitative estimate of drug-likeness (QED) is 0.681. The fraction of sp³-hybridized carbons (Fsp3) is 0.222. The molecule has 0 saturated heterocycles. The van der Waals surface area contributed by atoms with E-state index >= 15 is 0 Å². The molecule has 1 aromatic heterocycles. The molecule has 7 heteroatoms. The highest BCUT2D eigenvalue weighted by Gasteiger charge is 2.30. The number of aromatic nitrogens is 1. The number of nitrogens with zero attached hydrogens (tertiary/aromatic N) is 1. The Labute approximate surface area is 153 Å². The van der Waals surface area contributed by atoms with Crippen LogP contribution in [-0.4, -0.2) is 28.3 Å². The van der Waals surface area contributed by atoms with Crippen LogP contribution in [0.15, 0.2) is 40.8 Å². The second-order valence-electron chi connectivity index (χ2n) is 6.01. The van der Waals surface area contributed by atoms with Crippen molar-refractivity contribution in [3.8, 4) is 11.5 Å². The average molecular weight is 378 g/mol. The lowest BCUT2D eigenvalue weighted by molar-refractivity contribution is -0.0466. The van der Waals surface area contributed by atoms with E-state index in [1.54, 1.807) is 36.4 Å². The van der Waals surface area contributed by atoms with Crippen LogP contribution in [0.3, 0.4) is 0 Å². The van der Waals surface area contributed by atoms with E-state index in [1.807, 2.05) is 0 Å². The molecule has 1 saturated carbocycles. The summed E-state index contributed by atoms with van der Waals surface area (Å²) >= 11 is 12.0. The summed E-state index contributed by atoms with van der Waals surface area (Å²) in [5, 5.41) is 10.2. The summed E-state index contributed by atoms with van der Waals surface area (Å²) < 4.78 is 11.1. The Morgan fingerprint density at radius 3 is 2.56 bits per heavy atom. The van der Waals surface area contributed by atoms with Crippen LogP contribution in [0.4, 0.5) is 0 Å². The van der Waals surface area contributed by atoms with Crippen LogP contribution in [-0.2, 0) is 4.74 Å². The van der Waals surface area contributed by atoms with Gasteiger partial charge in [-0.05, 0) is 36.4 Å². The van der Waals surface area contributed by atoms with E-state index in [4.69, 9.17) is 32.4 Å². The number of halogens is 2. The molecule has 3 aromatic rings. The molecule has 2 aromatic carbocycles. The molecule has 1 fully saturated rings. The van der Waals surface area contributed by atoms with Crippen LogP contribution in [0.25, 0.3) is 22.6 Å². The number of aliphatic hydroxyl groups excluding tert-OH is 1. The summed E-state index contributed by atoms with van der Waals surface area (Å²) in [6.07, 6.45) is 0.366. The van der Waals surface area contributed by atoms with Gasteiger partial charge in [-0.15, -0.1) is 0 Å². The first-order chi connectivity index (χ1) is 12.0. The number of rotatable bonds is 3. The fourth-order valence-corrected chi connectivity index (χ4v) is 3.23. The standard InChI is InChI=1S/C18H13Cl2NO4/c19-11-3-10(4-12(20)6-11)17-21-15-2-1-9(5-16(15)25-17)18(23)24-14-7-13(22)8-14/h1-6,13-14,22H,7-8H2/t13-,14+. The van der Waals surface area contributed by atoms with Crippen molar-refractivity contribution >= 4 is 40.3 Å². The minimum Gasteiger partial charge on any atom is -0.459 e. The molecule has 5 nitrogen and oxygen atoms in total. The maximum absolute atomic E-state index is 12.2. The zero-order valence-corrected chi connectivity index (χ0v) is 14.4. The van der Waals surface area contributed by atoms with Crippen LogP contribution in [0.2, 0.25) is 10.0 Å². The van der Waals surface area contributed by atoms with Crippen LogP contribution in [0.5, 0.6) is 0 Å². The predicted molar refractivity (Wildman–Crippen MR) is 93.9 cm³/mol. The SMILES string of the molecule is O=C(O[C@H]1C[C@@H](O)C1)c1ccc2nc(-c3cc(Cl)cc(Cl)c3)oc2c1. The Balaban J connectivity index is 1.61. The van der Waals surface area contributed by atoms with Crippen LogP contribution in [0, 0.1) is 0 Å². The summed E-state index contributed by atoms with van der Waals surface area (Å²) in [5.74, 6) is -0.0745. The lowest BCUT2D eigenvalue weighted by atomic mass is 9.92. The van der Waals surface area contributed by atoms with Gasteiger partial charge in [-0.1, -0.05) is 23.2 Å². The van der Waals surface area contributed by atoms with Crippen molar-refractivity contribution in [2.45, 2.75) is 25.0 Å². The van der Waals surface area contributed by atoms with Gasteiger partial charge < -0.3 is 14.3 Å². The molecule has 4 rings (SSSR count). The predicted octanol–water partition coefficient (Wildman–Crippen LogP) is 4.48. The third kappa shape index (κ3) is 3.35. The first-order valence-corrected chi connectivity index (χ1v) is 8.49. The summed E-state index contributed by atoms with van der Waals surface area (Å²) in [6, 6.07) is 9.96. The lowest BCUT2D eigenvalue weighted by Crippen LogP contribution is -2.36. The lowest BCUT2D eigenvalue weighted by Gasteiger charge is -2.30. The zero-order chi connectivity index (χ0) is 17.6. The Morgan fingerprint density at radius 1 is 1.16 bits per heavy atom. The highest BCUT2D eigenvalue weighted by atomic mass is 35.5. The molecule has 25 heavy (non-hydrogen) atoms. The maximum atomic E-state index is 12.2. The highest BCUT2D eigenvalue weighted by Crippen LogP contribution is 2.30. The molecule has 1 aliphatic carbocycles. The molecule has 0 unspecified atom stereocenters. The third-order valence-corrected chi connectivity index (χ3v) is 4.51. The van der Waals surface area contributed by atoms with Crippen molar-refractivity contribution in [1.82, 2.24) is 4.98 Å². The zero-order valence-electron chi connectivity index (χ0n) is 12.9. The molecule has 1 aliphatic rings. The Bertz CT molecular complexity index is 943. The second kappa shape index (κ2) is 6.33. The minimum atomic E-state index is -0.442.